The third-order valence-electron chi connectivity index (χ3n) is 4.52. The highest BCUT2D eigenvalue weighted by Crippen LogP contribution is 2.32. The first kappa shape index (κ1) is 16.3. The molecule has 0 spiro atoms. The molecule has 1 aliphatic rings. The number of H-pyrrole nitrogens is 1. The highest BCUT2D eigenvalue weighted by atomic mass is 16.5. The van der Waals surface area contributed by atoms with Crippen molar-refractivity contribution in [2.45, 2.75) is 6.42 Å². The number of aromatic nitrogens is 1. The molecular weight excluding hydrogens is 308 g/mol. The molecule has 2 aromatic rings. The zero-order chi connectivity index (χ0) is 17.2. The summed E-state index contributed by atoms with van der Waals surface area (Å²) in [4.78, 5) is 29.0. The van der Waals surface area contributed by atoms with Crippen LogP contribution < -0.4 is 0 Å². The number of rotatable bonds is 5. The molecule has 6 heteroatoms. The lowest BCUT2D eigenvalue weighted by molar-refractivity contribution is -0.151. The van der Waals surface area contributed by atoms with Crippen molar-refractivity contribution < 1.29 is 19.4 Å². The van der Waals surface area contributed by atoms with Crippen molar-refractivity contribution in [1.29, 1.82) is 0 Å². The number of carbonyl (C=O) groups excluding carboxylic acids is 1. The maximum absolute atomic E-state index is 12.7. The lowest BCUT2D eigenvalue weighted by atomic mass is 9.88. The number of hydrogen-bond donors (Lipinski definition) is 2. The molecule has 1 fully saturated rings. The summed E-state index contributed by atoms with van der Waals surface area (Å²) in [6.07, 6.45) is 0.397. The summed E-state index contributed by atoms with van der Waals surface area (Å²) < 4.78 is 5.06. The van der Waals surface area contributed by atoms with Gasteiger partial charge in [0.05, 0.1) is 6.61 Å². The van der Waals surface area contributed by atoms with Crippen LogP contribution >= 0.6 is 0 Å². The Kier molecular flexibility index (Phi) is 4.40. The lowest BCUT2D eigenvalue weighted by Crippen LogP contribution is -2.40. The number of carboxylic acids is 1. The second kappa shape index (κ2) is 6.49. The van der Waals surface area contributed by atoms with E-state index in [1.807, 2.05) is 36.4 Å². The Morgan fingerprint density at radius 1 is 1.25 bits per heavy atom. The first-order chi connectivity index (χ1) is 11.6. The van der Waals surface area contributed by atoms with E-state index in [1.165, 1.54) is 7.11 Å². The minimum Gasteiger partial charge on any atom is -0.481 e. The molecule has 0 radical (unpaired) electrons. The number of methoxy groups -OCH3 is 1. The fourth-order valence-corrected chi connectivity index (χ4v) is 3.15. The number of benzene rings is 1. The van der Waals surface area contributed by atoms with Crippen molar-refractivity contribution in [3.8, 4) is 11.3 Å². The third kappa shape index (κ3) is 2.92. The molecule has 3 rings (SSSR count). The van der Waals surface area contributed by atoms with Gasteiger partial charge in [-0.05, 0) is 24.1 Å². The number of amides is 1. The molecule has 1 amide bonds. The summed E-state index contributed by atoms with van der Waals surface area (Å²) in [6.45, 7) is 0.676. The molecule has 0 bridgehead atoms. The van der Waals surface area contributed by atoms with Crippen LogP contribution in [0.25, 0.3) is 11.3 Å². The molecule has 1 aromatic heterocycles. The lowest BCUT2D eigenvalue weighted by Gasteiger charge is -2.23. The van der Waals surface area contributed by atoms with Gasteiger partial charge in [-0.15, -0.1) is 0 Å². The van der Waals surface area contributed by atoms with Crippen LogP contribution in [-0.4, -0.2) is 53.7 Å². The van der Waals surface area contributed by atoms with Gasteiger partial charge >= 0.3 is 5.97 Å². The summed E-state index contributed by atoms with van der Waals surface area (Å²) in [5.41, 5.74) is 1.31. The Labute approximate surface area is 140 Å². The molecule has 1 atom stereocenters. The summed E-state index contributed by atoms with van der Waals surface area (Å²) in [5.74, 6) is -1.10. The monoisotopic (exact) mass is 328 g/mol. The summed E-state index contributed by atoms with van der Waals surface area (Å²) >= 11 is 0. The van der Waals surface area contributed by atoms with E-state index in [9.17, 15) is 14.7 Å². The zero-order valence-electron chi connectivity index (χ0n) is 13.5. The molecule has 1 unspecified atom stereocenters. The van der Waals surface area contributed by atoms with E-state index in [0.717, 1.165) is 11.3 Å². The third-order valence-corrected chi connectivity index (χ3v) is 4.52. The average molecular weight is 328 g/mol. The second-order valence-electron chi connectivity index (χ2n) is 6.15. The van der Waals surface area contributed by atoms with E-state index < -0.39 is 11.4 Å². The molecular formula is C18H20N2O4. The van der Waals surface area contributed by atoms with Gasteiger partial charge < -0.3 is 19.7 Å². The highest BCUT2D eigenvalue weighted by Gasteiger charge is 2.46. The summed E-state index contributed by atoms with van der Waals surface area (Å²) in [7, 11) is 1.48. The van der Waals surface area contributed by atoms with Gasteiger partial charge in [0.1, 0.15) is 11.1 Å². The van der Waals surface area contributed by atoms with E-state index in [4.69, 9.17) is 4.74 Å². The highest BCUT2D eigenvalue weighted by molar-refractivity contribution is 5.94. The topological polar surface area (TPSA) is 82.6 Å². The largest absolute Gasteiger partial charge is 0.481 e. The number of likely N-dealkylation sites (tertiary alicyclic amines) is 1. The smallest absolute Gasteiger partial charge is 0.313 e. The predicted octanol–water partition coefficient (Wildman–Crippen LogP) is 2.25. The van der Waals surface area contributed by atoms with Crippen LogP contribution in [0.2, 0.25) is 0 Å². The maximum Gasteiger partial charge on any atom is 0.313 e. The van der Waals surface area contributed by atoms with Crippen molar-refractivity contribution in [2.75, 3.05) is 26.8 Å². The summed E-state index contributed by atoms with van der Waals surface area (Å²) in [6, 6.07) is 13.3. The van der Waals surface area contributed by atoms with Crippen LogP contribution in [0.15, 0.2) is 42.5 Å². The van der Waals surface area contributed by atoms with Crippen LogP contribution in [-0.2, 0) is 9.53 Å². The van der Waals surface area contributed by atoms with Crippen molar-refractivity contribution in [1.82, 2.24) is 9.88 Å². The fraction of sp³-hybridized carbons (Fsp3) is 0.333. The molecule has 126 valence electrons. The Bertz CT molecular complexity index is 740. The minimum absolute atomic E-state index is 0.103. The van der Waals surface area contributed by atoms with Crippen LogP contribution in [0.3, 0.4) is 0 Å². The van der Waals surface area contributed by atoms with Gasteiger partial charge in [0.25, 0.3) is 5.91 Å². The van der Waals surface area contributed by atoms with E-state index in [1.54, 1.807) is 11.0 Å². The SMILES string of the molecule is COCC1(C(=O)O)CCN(C(=O)c2ccc(-c3ccccc3)[nH]2)C1. The first-order valence-corrected chi connectivity index (χ1v) is 7.82. The molecule has 0 aliphatic carbocycles. The Morgan fingerprint density at radius 2 is 2.00 bits per heavy atom. The fourth-order valence-electron chi connectivity index (χ4n) is 3.15. The number of aliphatic carboxylic acids is 1. The van der Waals surface area contributed by atoms with Gasteiger partial charge in [0.2, 0.25) is 0 Å². The molecule has 6 nitrogen and oxygen atoms in total. The Balaban J connectivity index is 1.76. The predicted molar refractivity (Wildman–Crippen MR) is 88.7 cm³/mol. The number of carboxylic acid groups (broad SMARTS) is 1. The molecule has 2 heterocycles. The van der Waals surface area contributed by atoms with Gasteiger partial charge in [0, 0.05) is 25.9 Å². The molecule has 1 aliphatic heterocycles. The molecule has 0 saturated carbocycles. The van der Waals surface area contributed by atoms with E-state index in [0.29, 0.717) is 18.7 Å². The quantitative estimate of drug-likeness (QED) is 0.882. The van der Waals surface area contributed by atoms with E-state index in [-0.39, 0.29) is 19.1 Å². The number of nitrogens with one attached hydrogen (secondary N) is 1. The van der Waals surface area contributed by atoms with E-state index >= 15 is 0 Å². The minimum atomic E-state index is -1.01. The number of aromatic amines is 1. The van der Waals surface area contributed by atoms with Gasteiger partial charge in [-0.1, -0.05) is 30.3 Å². The molecule has 1 aromatic carbocycles. The van der Waals surface area contributed by atoms with Gasteiger partial charge in [-0.25, -0.2) is 0 Å². The number of hydrogen-bond acceptors (Lipinski definition) is 3. The second-order valence-corrected chi connectivity index (χ2v) is 6.15. The molecule has 1 saturated heterocycles. The van der Waals surface area contributed by atoms with Gasteiger partial charge in [-0.2, -0.15) is 0 Å². The van der Waals surface area contributed by atoms with Crippen molar-refractivity contribution in [3.05, 3.63) is 48.2 Å². The number of ether oxygens (including phenoxy) is 1. The van der Waals surface area contributed by atoms with Gasteiger partial charge in [-0.3, -0.25) is 9.59 Å². The van der Waals surface area contributed by atoms with Crippen molar-refractivity contribution in [3.63, 3.8) is 0 Å². The maximum atomic E-state index is 12.7. The average Bonchev–Trinajstić information content (AvgIpc) is 3.23. The molecule has 2 N–H and O–H groups in total. The Hall–Kier alpha value is -2.60. The zero-order valence-corrected chi connectivity index (χ0v) is 13.5. The van der Waals surface area contributed by atoms with Crippen LogP contribution in [0.4, 0.5) is 0 Å². The Morgan fingerprint density at radius 3 is 2.67 bits per heavy atom. The van der Waals surface area contributed by atoms with Crippen LogP contribution in [0.1, 0.15) is 16.9 Å². The summed E-state index contributed by atoms with van der Waals surface area (Å²) in [5, 5.41) is 9.49. The van der Waals surface area contributed by atoms with Crippen molar-refractivity contribution >= 4 is 11.9 Å². The number of carbonyl (C=O) groups is 2. The van der Waals surface area contributed by atoms with Crippen LogP contribution in [0.5, 0.6) is 0 Å². The van der Waals surface area contributed by atoms with Crippen molar-refractivity contribution in [2.24, 2.45) is 5.41 Å². The van der Waals surface area contributed by atoms with Gasteiger partial charge in [0.15, 0.2) is 0 Å². The van der Waals surface area contributed by atoms with E-state index in [2.05, 4.69) is 4.98 Å². The first-order valence-electron chi connectivity index (χ1n) is 7.82. The molecule has 24 heavy (non-hydrogen) atoms. The number of nitrogens with zero attached hydrogens (tertiary/aromatic N) is 1. The normalized spacial score (nSPS) is 20.3. The standard InChI is InChI=1S/C18H20N2O4/c1-24-12-18(17(22)23)9-10-20(11-18)16(21)15-8-7-14(19-15)13-5-3-2-4-6-13/h2-8,19H,9-12H2,1H3,(H,22,23). The van der Waals surface area contributed by atoms with Crippen LogP contribution in [0, 0.1) is 5.41 Å².